The molecule has 140 valence electrons. The summed E-state index contributed by atoms with van der Waals surface area (Å²) in [5.74, 6) is -14.8. The van der Waals surface area contributed by atoms with E-state index in [0.717, 1.165) is 0 Å². The van der Waals surface area contributed by atoms with Crippen LogP contribution in [0.3, 0.4) is 0 Å². The number of hydrogen-bond acceptors (Lipinski definition) is 3. The van der Waals surface area contributed by atoms with Crippen LogP contribution >= 0.6 is 0 Å². The van der Waals surface area contributed by atoms with E-state index in [1.165, 1.54) is 25.9 Å². The molecule has 1 heterocycles. The van der Waals surface area contributed by atoms with Crippen molar-refractivity contribution in [3.8, 4) is 0 Å². The van der Waals surface area contributed by atoms with Gasteiger partial charge in [-0.1, -0.05) is 0 Å². The van der Waals surface area contributed by atoms with Crippen molar-refractivity contribution in [3.63, 3.8) is 0 Å². The third-order valence-electron chi connectivity index (χ3n) is 2.89. The van der Waals surface area contributed by atoms with E-state index in [2.05, 4.69) is 7.05 Å². The van der Waals surface area contributed by atoms with Crippen LogP contribution in [0.25, 0.3) is 0 Å². The summed E-state index contributed by atoms with van der Waals surface area (Å²) in [6, 6.07) is 0. The summed E-state index contributed by atoms with van der Waals surface area (Å²) in [7, 11) is -5.16. The molecule has 0 aliphatic carbocycles. The quantitative estimate of drug-likeness (QED) is 0.588. The van der Waals surface area contributed by atoms with Crippen molar-refractivity contribution in [3.05, 3.63) is 0 Å². The zero-order chi connectivity index (χ0) is 18.9. The lowest BCUT2D eigenvalue weighted by Crippen LogP contribution is -3.06. The first-order chi connectivity index (χ1) is 9.89. The average Bonchev–Trinajstić information content (AvgIpc) is 2.77. The summed E-state index contributed by atoms with van der Waals surface area (Å²) in [6.07, 6.45) is -4.26. The van der Waals surface area contributed by atoms with Gasteiger partial charge in [-0.15, -0.1) is 0 Å². The topological polar surface area (TPSA) is 61.6 Å². The molecule has 0 aromatic heterocycles. The van der Waals surface area contributed by atoms with Gasteiger partial charge in [-0.3, -0.25) is 0 Å². The number of quaternary nitrogens is 1. The first kappa shape index (κ1) is 22.2. The fraction of sp³-hybridized carbons (Fsp3) is 1.00. The van der Waals surface area contributed by atoms with Crippen LogP contribution in [0.15, 0.2) is 0 Å². The summed E-state index contributed by atoms with van der Waals surface area (Å²) in [4.78, 5) is 1.70. The van der Waals surface area contributed by atoms with Crippen molar-refractivity contribution in [2.45, 2.75) is 36.1 Å². The van der Waals surface area contributed by atoms with E-state index >= 15 is 0 Å². The molecule has 0 atom stereocenters. The zero-order valence-electron chi connectivity index (χ0n) is 11.4. The van der Waals surface area contributed by atoms with Gasteiger partial charge in [-0.2, -0.15) is 39.5 Å². The Bertz CT molecular complexity index is 497. The van der Waals surface area contributed by atoms with Gasteiger partial charge in [0.05, 0.1) is 20.1 Å². The van der Waals surface area contributed by atoms with Crippen molar-refractivity contribution in [1.82, 2.24) is 0 Å². The lowest BCUT2D eigenvalue weighted by molar-refractivity contribution is -0.866. The summed E-state index contributed by atoms with van der Waals surface area (Å²) in [5, 5.41) is -7.11. The smallest absolute Gasteiger partial charge is 0.460 e. The van der Waals surface area contributed by atoms with Gasteiger partial charge in [-0.05, 0) is 0 Å². The van der Waals surface area contributed by atoms with E-state index < -0.39 is 33.4 Å². The SMILES string of the molecule is C[NH+]1CCCC1.O=S(=O)([O-])C(F)(F)C(F)(F)C(F)(F)C(F)(F)F. The molecule has 0 bridgehead atoms. The lowest BCUT2D eigenvalue weighted by Gasteiger charge is -2.34. The maximum atomic E-state index is 12.2. The molecule has 0 unspecified atom stereocenters. The Hall–Kier alpha value is -0.760. The van der Waals surface area contributed by atoms with E-state index in [-0.39, 0.29) is 0 Å². The normalized spacial score (nSPS) is 18.6. The largest absolute Gasteiger partial charge is 0.743 e. The van der Waals surface area contributed by atoms with E-state index in [1.54, 1.807) is 4.90 Å². The van der Waals surface area contributed by atoms with Crippen LogP contribution in [0.2, 0.25) is 0 Å². The van der Waals surface area contributed by atoms with Crippen molar-refractivity contribution < 1.29 is 57.4 Å². The molecule has 1 aliphatic heterocycles. The monoisotopic (exact) mass is 385 g/mol. The van der Waals surface area contributed by atoms with Gasteiger partial charge in [-0.25, -0.2) is 8.42 Å². The molecule has 0 aromatic carbocycles. The summed E-state index contributed by atoms with van der Waals surface area (Å²) >= 11 is 0. The maximum Gasteiger partial charge on any atom is 0.460 e. The Morgan fingerprint density at radius 3 is 1.35 bits per heavy atom. The van der Waals surface area contributed by atoms with Crippen molar-refractivity contribution in [2.75, 3.05) is 20.1 Å². The molecular weight excluding hydrogens is 373 g/mol. The molecule has 0 amide bonds. The van der Waals surface area contributed by atoms with E-state index in [1.807, 2.05) is 0 Å². The van der Waals surface area contributed by atoms with Crippen LogP contribution in [0.5, 0.6) is 0 Å². The van der Waals surface area contributed by atoms with Crippen LogP contribution in [-0.2, 0) is 10.1 Å². The van der Waals surface area contributed by atoms with Gasteiger partial charge in [0, 0.05) is 12.8 Å². The number of likely N-dealkylation sites (tertiary alicyclic amines) is 1. The zero-order valence-corrected chi connectivity index (χ0v) is 12.2. The predicted molar refractivity (Wildman–Crippen MR) is 56.4 cm³/mol. The molecule has 0 aromatic rings. The predicted octanol–water partition coefficient (Wildman–Crippen LogP) is 1.25. The van der Waals surface area contributed by atoms with E-state index in [4.69, 9.17) is 0 Å². The van der Waals surface area contributed by atoms with Crippen LogP contribution in [0, 0.1) is 0 Å². The third-order valence-corrected chi connectivity index (χ3v) is 3.77. The van der Waals surface area contributed by atoms with Gasteiger partial charge < -0.3 is 9.45 Å². The van der Waals surface area contributed by atoms with Crippen LogP contribution in [0.4, 0.5) is 39.5 Å². The van der Waals surface area contributed by atoms with Gasteiger partial charge >= 0.3 is 23.3 Å². The number of rotatable bonds is 3. The van der Waals surface area contributed by atoms with Crippen molar-refractivity contribution in [1.29, 1.82) is 0 Å². The molecular formula is C9H12F9NO3S. The molecule has 23 heavy (non-hydrogen) atoms. The first-order valence-electron chi connectivity index (χ1n) is 5.86. The average molecular weight is 385 g/mol. The molecule has 1 N–H and O–H groups in total. The Morgan fingerprint density at radius 2 is 1.17 bits per heavy atom. The fourth-order valence-electron chi connectivity index (χ4n) is 1.50. The second kappa shape index (κ2) is 6.63. The molecule has 0 saturated carbocycles. The van der Waals surface area contributed by atoms with E-state index in [0.29, 0.717) is 0 Å². The highest BCUT2D eigenvalue weighted by molar-refractivity contribution is 7.86. The summed E-state index contributed by atoms with van der Waals surface area (Å²) < 4.78 is 135. The Morgan fingerprint density at radius 1 is 0.826 bits per heavy atom. The van der Waals surface area contributed by atoms with Crippen LogP contribution < -0.4 is 4.90 Å². The van der Waals surface area contributed by atoms with Gasteiger partial charge in [0.15, 0.2) is 10.1 Å². The second-order valence-electron chi connectivity index (χ2n) is 4.78. The fourth-order valence-corrected chi connectivity index (χ4v) is 1.94. The molecule has 1 aliphatic rings. The molecule has 4 nitrogen and oxygen atoms in total. The van der Waals surface area contributed by atoms with Gasteiger partial charge in [0.2, 0.25) is 0 Å². The Labute approximate surface area is 125 Å². The highest BCUT2D eigenvalue weighted by Gasteiger charge is 2.83. The number of hydrogen-bond donors (Lipinski definition) is 1. The minimum atomic E-state index is -7.43. The Balaban J connectivity index is 0.000000664. The summed E-state index contributed by atoms with van der Waals surface area (Å²) in [5.41, 5.74) is 0. The van der Waals surface area contributed by atoms with Crippen molar-refractivity contribution in [2.24, 2.45) is 0 Å². The lowest BCUT2D eigenvalue weighted by atomic mass is 10.1. The van der Waals surface area contributed by atoms with Crippen LogP contribution in [0.1, 0.15) is 12.8 Å². The van der Waals surface area contributed by atoms with E-state index in [9.17, 15) is 52.5 Å². The van der Waals surface area contributed by atoms with Gasteiger partial charge in [0.1, 0.15) is 0 Å². The van der Waals surface area contributed by atoms with Crippen molar-refractivity contribution >= 4 is 10.1 Å². The molecule has 0 radical (unpaired) electrons. The third kappa shape index (κ3) is 4.41. The molecule has 14 heteroatoms. The molecule has 1 fully saturated rings. The summed E-state index contributed by atoms with van der Waals surface area (Å²) in [6.45, 7) is 2.81. The Kier molecular flexibility index (Phi) is 6.41. The molecule has 0 spiro atoms. The number of halogens is 9. The highest BCUT2D eigenvalue weighted by Crippen LogP contribution is 2.54. The molecule has 1 saturated heterocycles. The second-order valence-corrected chi connectivity index (χ2v) is 6.20. The number of nitrogens with one attached hydrogen (secondary N) is 1. The molecule has 1 rings (SSSR count). The number of alkyl halides is 9. The standard InChI is InChI=1S/C5H11N.C4HF9O3S/c1-6-4-2-3-5-6;5-1(6,3(9,10)11)2(7,8)4(12,13)17(14,15)16/h2-5H2,1H3;(H,14,15,16). The minimum Gasteiger partial charge on any atom is -0.743 e. The minimum absolute atomic E-state index is 1.40. The van der Waals surface area contributed by atoms with Crippen LogP contribution in [-0.4, -0.2) is 56.4 Å². The maximum absolute atomic E-state index is 12.2. The highest BCUT2D eigenvalue weighted by atomic mass is 32.2. The first-order valence-corrected chi connectivity index (χ1v) is 7.27. The van der Waals surface area contributed by atoms with Gasteiger partial charge in [0.25, 0.3) is 0 Å².